The van der Waals surface area contributed by atoms with Crippen LogP contribution in [0.3, 0.4) is 0 Å². The number of nitrogens with zero attached hydrogens (tertiary/aromatic N) is 1. The standard InChI is InChI=1S/C14H14F3NS/c1-9(2)12-8-19-13(18-12)7-10-4-3-5-11(6-10)14(15,16)17/h3-6,8-9H,7H2,1-2H3. The van der Waals surface area contributed by atoms with E-state index >= 15 is 0 Å². The Balaban J connectivity index is 2.19. The minimum absolute atomic E-state index is 0.339. The van der Waals surface area contributed by atoms with E-state index in [1.54, 1.807) is 6.07 Å². The summed E-state index contributed by atoms with van der Waals surface area (Å²) in [6.45, 7) is 4.09. The second kappa shape index (κ2) is 5.33. The van der Waals surface area contributed by atoms with Gasteiger partial charge in [-0.2, -0.15) is 13.2 Å². The minimum Gasteiger partial charge on any atom is -0.246 e. The Labute approximate surface area is 114 Å². The molecule has 0 spiro atoms. The Kier molecular flexibility index (Phi) is 3.94. The number of thiazole rings is 1. The van der Waals surface area contributed by atoms with Gasteiger partial charge in [0.25, 0.3) is 0 Å². The largest absolute Gasteiger partial charge is 0.416 e. The average molecular weight is 285 g/mol. The first kappa shape index (κ1) is 14.1. The molecule has 1 heterocycles. The van der Waals surface area contributed by atoms with Crippen LogP contribution in [0.4, 0.5) is 13.2 Å². The van der Waals surface area contributed by atoms with Gasteiger partial charge < -0.3 is 0 Å². The lowest BCUT2D eigenvalue weighted by Gasteiger charge is -2.07. The van der Waals surface area contributed by atoms with Crippen molar-refractivity contribution in [3.05, 3.63) is 51.5 Å². The van der Waals surface area contributed by atoms with Crippen molar-refractivity contribution in [2.75, 3.05) is 0 Å². The van der Waals surface area contributed by atoms with Gasteiger partial charge in [0.1, 0.15) is 0 Å². The van der Waals surface area contributed by atoms with Crippen LogP contribution < -0.4 is 0 Å². The van der Waals surface area contributed by atoms with Crippen LogP contribution in [0.15, 0.2) is 29.6 Å². The van der Waals surface area contributed by atoms with Gasteiger partial charge in [-0.3, -0.25) is 0 Å². The van der Waals surface area contributed by atoms with Crippen LogP contribution in [0.25, 0.3) is 0 Å². The molecule has 0 amide bonds. The van der Waals surface area contributed by atoms with Crippen LogP contribution >= 0.6 is 11.3 Å². The van der Waals surface area contributed by atoms with E-state index in [0.717, 1.165) is 16.8 Å². The second-order valence-electron chi connectivity index (χ2n) is 4.70. The summed E-state index contributed by atoms with van der Waals surface area (Å²) in [5.41, 5.74) is 1.03. The number of hydrogen-bond acceptors (Lipinski definition) is 2. The Morgan fingerprint density at radius 1 is 1.26 bits per heavy atom. The van der Waals surface area contributed by atoms with Gasteiger partial charge in [-0.15, -0.1) is 11.3 Å². The van der Waals surface area contributed by atoms with Crippen molar-refractivity contribution in [2.45, 2.75) is 32.4 Å². The summed E-state index contributed by atoms with van der Waals surface area (Å²) >= 11 is 1.49. The molecule has 0 fully saturated rings. The molecule has 0 aliphatic rings. The monoisotopic (exact) mass is 285 g/mol. The highest BCUT2D eigenvalue weighted by atomic mass is 32.1. The first-order valence-corrected chi connectivity index (χ1v) is 6.84. The first-order valence-electron chi connectivity index (χ1n) is 5.96. The van der Waals surface area contributed by atoms with Crippen molar-refractivity contribution in [3.8, 4) is 0 Å². The fourth-order valence-corrected chi connectivity index (χ4v) is 2.69. The highest BCUT2D eigenvalue weighted by Crippen LogP contribution is 2.30. The molecule has 2 aromatic rings. The number of hydrogen-bond donors (Lipinski definition) is 0. The molecule has 0 aliphatic heterocycles. The predicted octanol–water partition coefficient (Wildman–Crippen LogP) is 4.88. The normalized spacial score (nSPS) is 12.1. The molecule has 19 heavy (non-hydrogen) atoms. The SMILES string of the molecule is CC(C)c1csc(Cc2cccc(C(F)(F)F)c2)n1. The molecule has 1 aromatic heterocycles. The van der Waals surface area contributed by atoms with Crippen LogP contribution in [-0.2, 0) is 12.6 Å². The lowest BCUT2D eigenvalue weighted by atomic mass is 10.1. The summed E-state index contributed by atoms with van der Waals surface area (Å²) in [4.78, 5) is 4.43. The van der Waals surface area contributed by atoms with E-state index in [-0.39, 0.29) is 0 Å². The molecule has 2 rings (SSSR count). The van der Waals surface area contributed by atoms with Gasteiger partial charge in [0, 0.05) is 11.8 Å². The van der Waals surface area contributed by atoms with Gasteiger partial charge in [0.05, 0.1) is 16.3 Å². The van der Waals surface area contributed by atoms with E-state index in [1.807, 2.05) is 19.2 Å². The number of aromatic nitrogens is 1. The third-order valence-corrected chi connectivity index (χ3v) is 3.64. The summed E-state index contributed by atoms with van der Waals surface area (Å²) in [5.74, 6) is 0.339. The van der Waals surface area contributed by atoms with Crippen molar-refractivity contribution in [3.63, 3.8) is 0 Å². The van der Waals surface area contributed by atoms with Gasteiger partial charge >= 0.3 is 6.18 Å². The fraction of sp³-hybridized carbons (Fsp3) is 0.357. The van der Waals surface area contributed by atoms with Crippen LogP contribution in [-0.4, -0.2) is 4.98 Å². The third kappa shape index (κ3) is 3.56. The Bertz CT molecular complexity index is 558. The molecule has 5 heteroatoms. The van der Waals surface area contributed by atoms with Crippen LogP contribution in [0, 0.1) is 0 Å². The summed E-state index contributed by atoms with van der Waals surface area (Å²) in [7, 11) is 0. The van der Waals surface area contributed by atoms with Crippen molar-refractivity contribution in [1.82, 2.24) is 4.98 Å². The predicted molar refractivity (Wildman–Crippen MR) is 70.5 cm³/mol. The zero-order valence-corrected chi connectivity index (χ0v) is 11.5. The van der Waals surface area contributed by atoms with Crippen molar-refractivity contribution >= 4 is 11.3 Å². The Morgan fingerprint density at radius 2 is 2.00 bits per heavy atom. The molecule has 0 unspecified atom stereocenters. The summed E-state index contributed by atoms with van der Waals surface area (Å²) < 4.78 is 37.8. The molecule has 0 atom stereocenters. The maximum atomic E-state index is 12.6. The maximum Gasteiger partial charge on any atom is 0.416 e. The van der Waals surface area contributed by atoms with E-state index in [2.05, 4.69) is 4.98 Å². The molecule has 0 N–H and O–H groups in total. The van der Waals surface area contributed by atoms with Crippen LogP contribution in [0.1, 0.15) is 41.6 Å². The molecule has 0 saturated carbocycles. The second-order valence-corrected chi connectivity index (χ2v) is 5.64. The highest BCUT2D eigenvalue weighted by molar-refractivity contribution is 7.09. The van der Waals surface area contributed by atoms with E-state index in [9.17, 15) is 13.2 Å². The quantitative estimate of drug-likeness (QED) is 0.783. The summed E-state index contributed by atoms with van der Waals surface area (Å²) in [6.07, 6.45) is -3.84. The minimum atomic E-state index is -4.29. The fourth-order valence-electron chi connectivity index (χ4n) is 1.70. The molecule has 0 bridgehead atoms. The molecular formula is C14H14F3NS. The smallest absolute Gasteiger partial charge is 0.246 e. The number of halogens is 3. The summed E-state index contributed by atoms with van der Waals surface area (Å²) in [6, 6.07) is 5.42. The van der Waals surface area contributed by atoms with Crippen molar-refractivity contribution in [1.29, 1.82) is 0 Å². The van der Waals surface area contributed by atoms with Gasteiger partial charge in [-0.1, -0.05) is 32.0 Å². The lowest BCUT2D eigenvalue weighted by Crippen LogP contribution is -2.05. The summed E-state index contributed by atoms with van der Waals surface area (Å²) in [5, 5.41) is 2.82. The van der Waals surface area contributed by atoms with Gasteiger partial charge in [0.15, 0.2) is 0 Å². The maximum absolute atomic E-state index is 12.6. The zero-order valence-electron chi connectivity index (χ0n) is 10.7. The van der Waals surface area contributed by atoms with Gasteiger partial charge in [0.2, 0.25) is 0 Å². The number of rotatable bonds is 3. The van der Waals surface area contributed by atoms with Crippen molar-refractivity contribution < 1.29 is 13.2 Å². The van der Waals surface area contributed by atoms with Crippen LogP contribution in [0.5, 0.6) is 0 Å². The topological polar surface area (TPSA) is 12.9 Å². The lowest BCUT2D eigenvalue weighted by molar-refractivity contribution is -0.137. The molecular weight excluding hydrogens is 271 g/mol. The highest BCUT2D eigenvalue weighted by Gasteiger charge is 2.30. The van der Waals surface area contributed by atoms with Crippen LogP contribution in [0.2, 0.25) is 0 Å². The van der Waals surface area contributed by atoms with Gasteiger partial charge in [-0.05, 0) is 17.5 Å². The van der Waals surface area contributed by atoms with Crippen molar-refractivity contribution in [2.24, 2.45) is 0 Å². The van der Waals surface area contributed by atoms with E-state index < -0.39 is 11.7 Å². The number of benzene rings is 1. The van der Waals surface area contributed by atoms with E-state index in [4.69, 9.17) is 0 Å². The molecule has 0 aliphatic carbocycles. The molecule has 102 valence electrons. The first-order chi connectivity index (χ1) is 8.86. The molecule has 0 saturated heterocycles. The number of alkyl halides is 3. The molecule has 0 radical (unpaired) electrons. The van der Waals surface area contributed by atoms with E-state index in [0.29, 0.717) is 17.9 Å². The van der Waals surface area contributed by atoms with Gasteiger partial charge in [-0.25, -0.2) is 4.98 Å². The third-order valence-electron chi connectivity index (χ3n) is 2.77. The molecule has 1 nitrogen and oxygen atoms in total. The Hall–Kier alpha value is -1.36. The zero-order chi connectivity index (χ0) is 14.0. The Morgan fingerprint density at radius 3 is 2.58 bits per heavy atom. The van der Waals surface area contributed by atoms with E-state index in [1.165, 1.54) is 23.5 Å². The average Bonchev–Trinajstić information content (AvgIpc) is 2.77. The molecule has 1 aromatic carbocycles.